The van der Waals surface area contributed by atoms with Crippen molar-refractivity contribution in [2.24, 2.45) is 11.8 Å². The van der Waals surface area contributed by atoms with Crippen LogP contribution in [0.2, 0.25) is 0 Å². The van der Waals surface area contributed by atoms with E-state index in [9.17, 15) is 17.6 Å². The first-order valence-electron chi connectivity index (χ1n) is 10.2. The van der Waals surface area contributed by atoms with Crippen molar-refractivity contribution < 1.29 is 17.6 Å². The molecular formula is C23H29FN2O3S. The van der Waals surface area contributed by atoms with E-state index in [1.54, 1.807) is 0 Å². The lowest BCUT2D eigenvalue weighted by molar-refractivity contribution is 0.102. The number of amides is 1. The summed E-state index contributed by atoms with van der Waals surface area (Å²) in [5.74, 6) is -0.923. The molecule has 7 heteroatoms. The van der Waals surface area contributed by atoms with Gasteiger partial charge >= 0.3 is 0 Å². The molecule has 2 unspecified atom stereocenters. The SMILES string of the molecule is Cc1cc(C)c(NC(=O)c2cc(S(=O)(=O)N3CC(C)CC(C)C3)ccc2F)c(C)c1. The Labute approximate surface area is 178 Å². The third-order valence-electron chi connectivity index (χ3n) is 5.57. The number of hydrogen-bond donors (Lipinski definition) is 1. The molecule has 3 rings (SSSR count). The summed E-state index contributed by atoms with van der Waals surface area (Å²) in [6.45, 7) is 10.6. The Bertz CT molecular complexity index is 1050. The second-order valence-corrected chi connectivity index (χ2v) is 10.6. The molecule has 2 atom stereocenters. The number of halogens is 1. The van der Waals surface area contributed by atoms with Gasteiger partial charge in [0.25, 0.3) is 5.91 Å². The molecule has 1 heterocycles. The Kier molecular flexibility index (Phi) is 6.34. The first-order chi connectivity index (χ1) is 14.0. The molecule has 162 valence electrons. The summed E-state index contributed by atoms with van der Waals surface area (Å²) < 4.78 is 42.2. The van der Waals surface area contributed by atoms with Crippen LogP contribution in [-0.4, -0.2) is 31.7 Å². The number of anilines is 1. The number of sulfonamides is 1. The molecule has 1 saturated heterocycles. The van der Waals surface area contributed by atoms with Crippen LogP contribution in [0.3, 0.4) is 0 Å². The van der Waals surface area contributed by atoms with Crippen LogP contribution in [0.25, 0.3) is 0 Å². The van der Waals surface area contributed by atoms with Crippen LogP contribution >= 0.6 is 0 Å². The first kappa shape index (κ1) is 22.4. The number of nitrogens with zero attached hydrogens (tertiary/aromatic N) is 1. The normalized spacial score (nSPS) is 20.2. The minimum Gasteiger partial charge on any atom is -0.321 e. The zero-order valence-corrected chi connectivity index (χ0v) is 18.9. The molecule has 0 aliphatic carbocycles. The second-order valence-electron chi connectivity index (χ2n) is 8.64. The lowest BCUT2D eigenvalue weighted by Gasteiger charge is -2.34. The van der Waals surface area contributed by atoms with E-state index in [1.165, 1.54) is 10.4 Å². The van der Waals surface area contributed by atoms with Gasteiger partial charge in [0.05, 0.1) is 10.5 Å². The number of carbonyl (C=O) groups is 1. The number of nitrogens with one attached hydrogen (secondary N) is 1. The quantitative estimate of drug-likeness (QED) is 0.763. The van der Waals surface area contributed by atoms with Crippen LogP contribution in [-0.2, 0) is 10.0 Å². The molecule has 0 radical (unpaired) electrons. The number of carbonyl (C=O) groups excluding carboxylic acids is 1. The van der Waals surface area contributed by atoms with Crippen molar-refractivity contribution in [3.63, 3.8) is 0 Å². The van der Waals surface area contributed by atoms with E-state index in [2.05, 4.69) is 5.32 Å². The summed E-state index contributed by atoms with van der Waals surface area (Å²) in [5, 5.41) is 2.75. The number of benzene rings is 2. The number of aryl methyl sites for hydroxylation is 3. The predicted molar refractivity (Wildman–Crippen MR) is 117 cm³/mol. The van der Waals surface area contributed by atoms with E-state index in [-0.39, 0.29) is 22.3 Å². The van der Waals surface area contributed by atoms with Crippen LogP contribution < -0.4 is 5.32 Å². The van der Waals surface area contributed by atoms with E-state index in [1.807, 2.05) is 46.8 Å². The molecule has 2 aromatic carbocycles. The highest BCUT2D eigenvalue weighted by Gasteiger charge is 2.32. The third kappa shape index (κ3) is 4.57. The summed E-state index contributed by atoms with van der Waals surface area (Å²) in [4.78, 5) is 12.8. The average molecular weight is 433 g/mol. The summed E-state index contributed by atoms with van der Waals surface area (Å²) in [6, 6.07) is 7.28. The molecule has 30 heavy (non-hydrogen) atoms. The lowest BCUT2D eigenvalue weighted by Crippen LogP contribution is -2.42. The van der Waals surface area contributed by atoms with Crippen LogP contribution in [0, 0.1) is 38.4 Å². The molecule has 1 fully saturated rings. The Morgan fingerprint density at radius 1 is 1.03 bits per heavy atom. The van der Waals surface area contributed by atoms with E-state index >= 15 is 0 Å². The topological polar surface area (TPSA) is 66.5 Å². The number of rotatable bonds is 4. The van der Waals surface area contributed by atoms with E-state index in [0.717, 1.165) is 35.2 Å². The number of piperidine rings is 1. The molecule has 5 nitrogen and oxygen atoms in total. The minimum absolute atomic E-state index is 0.0623. The van der Waals surface area contributed by atoms with Gasteiger partial charge in [-0.1, -0.05) is 31.5 Å². The van der Waals surface area contributed by atoms with Crippen LogP contribution in [0.1, 0.15) is 47.3 Å². The maximum atomic E-state index is 14.5. The average Bonchev–Trinajstić information content (AvgIpc) is 2.63. The predicted octanol–water partition coefficient (Wildman–Crippen LogP) is 4.67. The van der Waals surface area contributed by atoms with Crippen molar-refractivity contribution in [1.29, 1.82) is 0 Å². The molecule has 0 spiro atoms. The van der Waals surface area contributed by atoms with Crippen LogP contribution in [0.4, 0.5) is 10.1 Å². The standard InChI is InChI=1S/C23H29FN2O3S/c1-14-9-17(4)22(18(5)10-14)25-23(27)20-11-19(6-7-21(20)24)30(28,29)26-12-15(2)8-16(3)13-26/h6-7,9-11,15-16H,8,12-13H2,1-5H3,(H,25,27). The van der Waals surface area contributed by atoms with Crippen molar-refractivity contribution in [2.45, 2.75) is 45.9 Å². The fourth-order valence-corrected chi connectivity index (χ4v) is 6.05. The summed E-state index contributed by atoms with van der Waals surface area (Å²) in [5.41, 5.74) is 3.11. The van der Waals surface area contributed by atoms with Gasteiger partial charge < -0.3 is 5.32 Å². The molecule has 2 aromatic rings. The fourth-order valence-electron chi connectivity index (χ4n) is 4.35. The Balaban J connectivity index is 1.93. The monoisotopic (exact) mass is 432 g/mol. The smallest absolute Gasteiger partial charge is 0.258 e. The van der Waals surface area contributed by atoms with Crippen molar-refractivity contribution in [3.8, 4) is 0 Å². The highest BCUT2D eigenvalue weighted by atomic mass is 32.2. The Hall–Kier alpha value is -2.25. The molecule has 1 amide bonds. The minimum atomic E-state index is -3.81. The van der Waals surface area contributed by atoms with Gasteiger partial charge in [0.1, 0.15) is 5.82 Å². The lowest BCUT2D eigenvalue weighted by atomic mass is 9.94. The van der Waals surface area contributed by atoms with Crippen LogP contribution in [0.15, 0.2) is 35.2 Å². The van der Waals surface area contributed by atoms with Gasteiger partial charge in [-0.15, -0.1) is 0 Å². The van der Waals surface area contributed by atoms with Crippen molar-refractivity contribution >= 4 is 21.6 Å². The fraction of sp³-hybridized carbons (Fsp3) is 0.435. The maximum Gasteiger partial charge on any atom is 0.258 e. The largest absolute Gasteiger partial charge is 0.321 e. The van der Waals surface area contributed by atoms with E-state index in [4.69, 9.17) is 0 Å². The van der Waals surface area contributed by atoms with Gasteiger partial charge in [-0.3, -0.25) is 4.79 Å². The highest BCUT2D eigenvalue weighted by molar-refractivity contribution is 7.89. The molecule has 0 bridgehead atoms. The van der Waals surface area contributed by atoms with Gasteiger partial charge in [-0.2, -0.15) is 4.31 Å². The number of hydrogen-bond acceptors (Lipinski definition) is 3. The summed E-state index contributed by atoms with van der Waals surface area (Å²) in [6.07, 6.45) is 0.971. The highest BCUT2D eigenvalue weighted by Crippen LogP contribution is 2.28. The van der Waals surface area contributed by atoms with Crippen molar-refractivity contribution in [2.75, 3.05) is 18.4 Å². The molecule has 1 aliphatic heterocycles. The van der Waals surface area contributed by atoms with Gasteiger partial charge in [-0.05, 0) is 68.4 Å². The maximum absolute atomic E-state index is 14.5. The van der Waals surface area contributed by atoms with E-state index < -0.39 is 21.7 Å². The second kappa shape index (κ2) is 8.47. The Morgan fingerprint density at radius 2 is 1.60 bits per heavy atom. The van der Waals surface area contributed by atoms with Gasteiger partial charge in [0, 0.05) is 18.8 Å². The van der Waals surface area contributed by atoms with Gasteiger partial charge in [-0.25, -0.2) is 12.8 Å². The van der Waals surface area contributed by atoms with Gasteiger partial charge in [0.2, 0.25) is 10.0 Å². The Morgan fingerprint density at radius 3 is 2.17 bits per heavy atom. The van der Waals surface area contributed by atoms with Crippen molar-refractivity contribution in [3.05, 3.63) is 58.4 Å². The molecule has 0 saturated carbocycles. The van der Waals surface area contributed by atoms with Crippen molar-refractivity contribution in [1.82, 2.24) is 4.31 Å². The summed E-state index contributed by atoms with van der Waals surface area (Å²) in [7, 11) is -3.81. The zero-order chi connectivity index (χ0) is 22.2. The molecule has 0 aromatic heterocycles. The molecule has 1 N–H and O–H groups in total. The van der Waals surface area contributed by atoms with Crippen LogP contribution in [0.5, 0.6) is 0 Å². The zero-order valence-electron chi connectivity index (χ0n) is 18.1. The van der Waals surface area contributed by atoms with E-state index in [0.29, 0.717) is 18.8 Å². The first-order valence-corrected chi connectivity index (χ1v) is 11.6. The third-order valence-corrected chi connectivity index (χ3v) is 7.40. The summed E-state index contributed by atoms with van der Waals surface area (Å²) >= 11 is 0. The molecule has 1 aliphatic rings. The molecular weight excluding hydrogens is 403 g/mol. The van der Waals surface area contributed by atoms with Gasteiger partial charge in [0.15, 0.2) is 0 Å².